The Morgan fingerprint density at radius 2 is 2.41 bits per heavy atom. The normalized spacial score (nSPS) is 11.5. The van der Waals surface area contributed by atoms with Crippen LogP contribution in [0.3, 0.4) is 0 Å². The number of nitrogens with two attached hydrogens (primary N) is 1. The Kier molecular flexibility index (Phi) is 4.50. The molecule has 0 aromatic carbocycles. The summed E-state index contributed by atoms with van der Waals surface area (Å²) in [6, 6.07) is 0. The Morgan fingerprint density at radius 3 is 2.88 bits per heavy atom. The quantitative estimate of drug-likeness (QED) is 0.297. The number of aromatic nitrogens is 2. The second-order valence-corrected chi connectivity index (χ2v) is 3.63. The number of H-pyrrole nitrogens is 1. The van der Waals surface area contributed by atoms with Crippen LogP contribution in [0.15, 0.2) is 11.4 Å². The van der Waals surface area contributed by atoms with Crippen LogP contribution in [0.25, 0.3) is 0 Å². The standard InChI is InChI=1S/C10H17N5O2/c1-3-15(5-4-9(11)14-17)10(16)8-6-12-13-7(8)2/h6,17H,3-5H2,1-2H3,(H2,11,14)(H,12,13). The first-order valence-electron chi connectivity index (χ1n) is 5.35. The van der Waals surface area contributed by atoms with Crippen molar-refractivity contribution in [3.8, 4) is 0 Å². The molecule has 1 heterocycles. The van der Waals surface area contributed by atoms with Gasteiger partial charge < -0.3 is 15.8 Å². The SMILES string of the molecule is CCN(CCC(N)=NO)C(=O)c1cn[nH]c1C. The van der Waals surface area contributed by atoms with Crippen LogP contribution in [0.4, 0.5) is 0 Å². The van der Waals surface area contributed by atoms with Crippen LogP contribution in [-0.2, 0) is 0 Å². The third kappa shape index (κ3) is 3.20. The molecule has 7 heteroatoms. The maximum absolute atomic E-state index is 12.1. The molecule has 0 bridgehead atoms. The van der Waals surface area contributed by atoms with E-state index in [9.17, 15) is 4.79 Å². The van der Waals surface area contributed by atoms with Crippen molar-refractivity contribution in [3.63, 3.8) is 0 Å². The number of hydrogen-bond acceptors (Lipinski definition) is 4. The van der Waals surface area contributed by atoms with Crippen molar-refractivity contribution in [2.45, 2.75) is 20.3 Å². The maximum atomic E-state index is 12.1. The first-order chi connectivity index (χ1) is 8.10. The average molecular weight is 239 g/mol. The molecule has 1 aromatic heterocycles. The number of hydrogen-bond donors (Lipinski definition) is 3. The van der Waals surface area contributed by atoms with Crippen LogP contribution >= 0.6 is 0 Å². The van der Waals surface area contributed by atoms with E-state index in [1.54, 1.807) is 11.8 Å². The highest BCUT2D eigenvalue weighted by molar-refractivity contribution is 5.95. The number of amides is 1. The molecule has 1 aromatic rings. The van der Waals surface area contributed by atoms with E-state index in [1.807, 2.05) is 6.92 Å². The largest absolute Gasteiger partial charge is 0.409 e. The van der Waals surface area contributed by atoms with Crippen molar-refractivity contribution in [3.05, 3.63) is 17.5 Å². The topological polar surface area (TPSA) is 108 Å². The fourth-order valence-corrected chi connectivity index (χ4v) is 1.44. The Morgan fingerprint density at radius 1 is 1.71 bits per heavy atom. The monoisotopic (exact) mass is 239 g/mol. The van der Waals surface area contributed by atoms with E-state index in [2.05, 4.69) is 15.4 Å². The Labute approximate surface area is 99.3 Å². The third-order valence-corrected chi connectivity index (χ3v) is 2.50. The summed E-state index contributed by atoms with van der Waals surface area (Å²) in [4.78, 5) is 13.7. The second kappa shape index (κ2) is 5.88. The van der Waals surface area contributed by atoms with Crippen LogP contribution in [0.1, 0.15) is 29.4 Å². The number of nitrogens with zero attached hydrogens (tertiary/aromatic N) is 3. The van der Waals surface area contributed by atoms with E-state index in [0.29, 0.717) is 25.1 Å². The lowest BCUT2D eigenvalue weighted by atomic mass is 10.2. The van der Waals surface area contributed by atoms with Gasteiger partial charge in [0.2, 0.25) is 0 Å². The number of aromatic amines is 1. The molecule has 17 heavy (non-hydrogen) atoms. The van der Waals surface area contributed by atoms with E-state index < -0.39 is 0 Å². The first kappa shape index (κ1) is 13.0. The van der Waals surface area contributed by atoms with Gasteiger partial charge in [-0.15, -0.1) is 0 Å². The zero-order valence-corrected chi connectivity index (χ0v) is 9.97. The van der Waals surface area contributed by atoms with Gasteiger partial charge >= 0.3 is 0 Å². The highest BCUT2D eigenvalue weighted by atomic mass is 16.4. The summed E-state index contributed by atoms with van der Waals surface area (Å²) in [6.07, 6.45) is 1.84. The Hall–Kier alpha value is -2.05. The molecule has 0 spiro atoms. The molecule has 0 saturated heterocycles. The fourth-order valence-electron chi connectivity index (χ4n) is 1.44. The smallest absolute Gasteiger partial charge is 0.257 e. The Bertz CT molecular complexity index is 413. The predicted octanol–water partition coefficient (Wildman–Crippen LogP) is 0.317. The van der Waals surface area contributed by atoms with Crippen LogP contribution in [0.2, 0.25) is 0 Å². The van der Waals surface area contributed by atoms with Crippen LogP contribution in [0, 0.1) is 6.92 Å². The number of oxime groups is 1. The van der Waals surface area contributed by atoms with E-state index in [1.165, 1.54) is 6.20 Å². The Balaban J connectivity index is 2.68. The number of rotatable bonds is 5. The molecule has 0 aliphatic rings. The van der Waals surface area contributed by atoms with Gasteiger partial charge in [0.05, 0.1) is 11.8 Å². The van der Waals surface area contributed by atoms with E-state index in [4.69, 9.17) is 10.9 Å². The lowest BCUT2D eigenvalue weighted by molar-refractivity contribution is 0.0767. The average Bonchev–Trinajstić information content (AvgIpc) is 2.75. The third-order valence-electron chi connectivity index (χ3n) is 2.50. The van der Waals surface area contributed by atoms with E-state index >= 15 is 0 Å². The van der Waals surface area contributed by atoms with Crippen molar-refractivity contribution in [2.75, 3.05) is 13.1 Å². The number of aryl methyl sites for hydroxylation is 1. The number of carbonyl (C=O) groups excluding carboxylic acids is 1. The number of nitrogens with one attached hydrogen (secondary N) is 1. The van der Waals surface area contributed by atoms with Crippen molar-refractivity contribution in [1.29, 1.82) is 0 Å². The molecule has 4 N–H and O–H groups in total. The zero-order chi connectivity index (χ0) is 12.8. The fraction of sp³-hybridized carbons (Fsp3) is 0.500. The van der Waals surface area contributed by atoms with Gasteiger partial charge in [-0.25, -0.2) is 0 Å². The van der Waals surface area contributed by atoms with Gasteiger partial charge in [0, 0.05) is 25.2 Å². The molecule has 0 atom stereocenters. The molecule has 0 aliphatic carbocycles. The molecule has 1 rings (SSSR count). The summed E-state index contributed by atoms with van der Waals surface area (Å²) in [7, 11) is 0. The van der Waals surface area contributed by atoms with Gasteiger partial charge in [-0.1, -0.05) is 5.16 Å². The van der Waals surface area contributed by atoms with Crippen LogP contribution in [-0.4, -0.2) is 45.1 Å². The van der Waals surface area contributed by atoms with Gasteiger partial charge in [-0.2, -0.15) is 5.10 Å². The van der Waals surface area contributed by atoms with Crippen LogP contribution in [0.5, 0.6) is 0 Å². The van der Waals surface area contributed by atoms with Crippen molar-refractivity contribution in [1.82, 2.24) is 15.1 Å². The minimum absolute atomic E-state index is 0.107. The lowest BCUT2D eigenvalue weighted by Gasteiger charge is -2.20. The molecular formula is C10H17N5O2. The molecule has 0 saturated carbocycles. The molecule has 0 fully saturated rings. The summed E-state index contributed by atoms with van der Waals surface area (Å²) < 4.78 is 0. The summed E-state index contributed by atoms with van der Waals surface area (Å²) in [5, 5.41) is 17.8. The first-order valence-corrected chi connectivity index (χ1v) is 5.35. The highest BCUT2D eigenvalue weighted by Gasteiger charge is 2.17. The van der Waals surface area contributed by atoms with Crippen LogP contribution < -0.4 is 5.73 Å². The number of carbonyl (C=O) groups is 1. The molecule has 0 radical (unpaired) electrons. The molecule has 7 nitrogen and oxygen atoms in total. The zero-order valence-electron chi connectivity index (χ0n) is 9.97. The summed E-state index contributed by atoms with van der Waals surface area (Å²) in [5.41, 5.74) is 6.65. The lowest BCUT2D eigenvalue weighted by Crippen LogP contribution is -2.34. The minimum atomic E-state index is -0.107. The highest BCUT2D eigenvalue weighted by Crippen LogP contribution is 2.07. The van der Waals surface area contributed by atoms with E-state index in [-0.39, 0.29) is 11.7 Å². The molecule has 94 valence electrons. The van der Waals surface area contributed by atoms with Gasteiger partial charge in [-0.3, -0.25) is 9.89 Å². The van der Waals surface area contributed by atoms with Crippen molar-refractivity contribution >= 4 is 11.7 Å². The molecule has 0 aliphatic heterocycles. The summed E-state index contributed by atoms with van der Waals surface area (Å²) >= 11 is 0. The molecular weight excluding hydrogens is 222 g/mol. The van der Waals surface area contributed by atoms with Crippen molar-refractivity contribution < 1.29 is 10.0 Å². The molecule has 1 amide bonds. The number of amidine groups is 1. The van der Waals surface area contributed by atoms with Gasteiger partial charge in [0.25, 0.3) is 5.91 Å². The minimum Gasteiger partial charge on any atom is -0.409 e. The van der Waals surface area contributed by atoms with Gasteiger partial charge in [0.15, 0.2) is 0 Å². The summed E-state index contributed by atoms with van der Waals surface area (Å²) in [6.45, 7) is 4.63. The van der Waals surface area contributed by atoms with Gasteiger partial charge in [-0.05, 0) is 13.8 Å². The summed E-state index contributed by atoms with van der Waals surface area (Å²) in [5.74, 6) is 0.00431. The predicted molar refractivity (Wildman–Crippen MR) is 62.9 cm³/mol. The van der Waals surface area contributed by atoms with Crippen molar-refractivity contribution in [2.24, 2.45) is 10.9 Å². The van der Waals surface area contributed by atoms with Gasteiger partial charge in [0.1, 0.15) is 5.84 Å². The molecule has 0 unspecified atom stereocenters. The van der Waals surface area contributed by atoms with E-state index in [0.717, 1.165) is 5.69 Å². The maximum Gasteiger partial charge on any atom is 0.257 e. The second-order valence-electron chi connectivity index (χ2n) is 3.63.